The van der Waals surface area contributed by atoms with Crippen molar-refractivity contribution in [2.45, 2.75) is 34.6 Å². The highest BCUT2D eigenvalue weighted by Gasteiger charge is 2.06. The molecule has 15 heavy (non-hydrogen) atoms. The minimum Gasteiger partial charge on any atom is -0.0991 e. The second-order valence-electron chi connectivity index (χ2n) is 3.11. The standard InChI is InChI=1S/C13H20.C2H6/c1-5-8-11-13(10-7-3)12(4)9-6-2;1-2/h5-13H,1H2,2-4H3;1-2H3/b9-6-,10-7-,11-8-;. The third-order valence-electron chi connectivity index (χ3n) is 1.99. The summed E-state index contributed by atoms with van der Waals surface area (Å²) in [5.41, 5.74) is 0. The van der Waals surface area contributed by atoms with Gasteiger partial charge in [0.05, 0.1) is 0 Å². The van der Waals surface area contributed by atoms with E-state index in [9.17, 15) is 0 Å². The lowest BCUT2D eigenvalue weighted by molar-refractivity contribution is 0.611. The molecule has 2 unspecified atom stereocenters. The molecular formula is C15H26. The molecule has 0 fully saturated rings. The van der Waals surface area contributed by atoms with Crippen LogP contribution in [-0.4, -0.2) is 0 Å². The first kappa shape index (κ1) is 16.4. The molecule has 0 aromatic carbocycles. The van der Waals surface area contributed by atoms with Gasteiger partial charge in [-0.15, -0.1) is 0 Å². The molecule has 0 aromatic rings. The maximum atomic E-state index is 3.67. The Morgan fingerprint density at radius 1 is 0.933 bits per heavy atom. The normalized spacial score (nSPS) is 15.3. The Kier molecular flexibility index (Phi) is 14.2. The summed E-state index contributed by atoms with van der Waals surface area (Å²) in [5.74, 6) is 1.04. The second kappa shape index (κ2) is 13.0. The third kappa shape index (κ3) is 9.27. The van der Waals surface area contributed by atoms with Gasteiger partial charge in [-0.1, -0.05) is 69.9 Å². The Labute approximate surface area is 96.1 Å². The summed E-state index contributed by atoms with van der Waals surface area (Å²) in [4.78, 5) is 0. The third-order valence-corrected chi connectivity index (χ3v) is 1.99. The Hall–Kier alpha value is -1.04. The van der Waals surface area contributed by atoms with Crippen molar-refractivity contribution in [3.8, 4) is 0 Å². The van der Waals surface area contributed by atoms with Gasteiger partial charge >= 0.3 is 0 Å². The quantitative estimate of drug-likeness (QED) is 0.430. The van der Waals surface area contributed by atoms with E-state index in [1.54, 1.807) is 0 Å². The van der Waals surface area contributed by atoms with Crippen molar-refractivity contribution in [1.82, 2.24) is 0 Å². The van der Waals surface area contributed by atoms with Gasteiger partial charge in [-0.05, 0) is 19.8 Å². The zero-order chi connectivity index (χ0) is 12.1. The van der Waals surface area contributed by atoms with Crippen molar-refractivity contribution >= 4 is 0 Å². The largest absolute Gasteiger partial charge is 0.0991 e. The smallest absolute Gasteiger partial charge is 0.000973 e. The van der Waals surface area contributed by atoms with Crippen molar-refractivity contribution in [2.75, 3.05) is 0 Å². The molecule has 0 heteroatoms. The summed E-state index contributed by atoms with van der Waals surface area (Å²) in [6.45, 7) is 14.0. The van der Waals surface area contributed by atoms with E-state index in [0.29, 0.717) is 11.8 Å². The van der Waals surface area contributed by atoms with E-state index in [2.05, 4.69) is 57.7 Å². The molecule has 0 aliphatic heterocycles. The summed E-state index contributed by atoms with van der Waals surface area (Å²) in [6, 6.07) is 0. The average molecular weight is 206 g/mol. The summed E-state index contributed by atoms with van der Waals surface area (Å²) in [5, 5.41) is 0. The van der Waals surface area contributed by atoms with Gasteiger partial charge in [0.25, 0.3) is 0 Å². The minimum absolute atomic E-state index is 0.485. The molecule has 0 rings (SSSR count). The van der Waals surface area contributed by atoms with E-state index in [1.165, 1.54) is 0 Å². The van der Waals surface area contributed by atoms with Crippen molar-refractivity contribution in [1.29, 1.82) is 0 Å². The summed E-state index contributed by atoms with van der Waals surface area (Å²) >= 11 is 0. The Bertz CT molecular complexity index is 206. The van der Waals surface area contributed by atoms with Crippen molar-refractivity contribution in [3.63, 3.8) is 0 Å². The predicted octanol–water partition coefficient (Wildman–Crippen LogP) is 5.16. The van der Waals surface area contributed by atoms with Crippen LogP contribution >= 0.6 is 0 Å². The molecule has 0 N–H and O–H groups in total. The van der Waals surface area contributed by atoms with Crippen LogP contribution in [0.5, 0.6) is 0 Å². The van der Waals surface area contributed by atoms with Gasteiger partial charge in [0.1, 0.15) is 0 Å². The van der Waals surface area contributed by atoms with Crippen LogP contribution in [0.1, 0.15) is 34.6 Å². The molecule has 0 saturated carbocycles. The molecule has 0 aliphatic carbocycles. The Morgan fingerprint density at radius 3 is 1.87 bits per heavy atom. The van der Waals surface area contributed by atoms with E-state index in [0.717, 1.165) is 0 Å². The predicted molar refractivity (Wildman–Crippen MR) is 73.0 cm³/mol. The van der Waals surface area contributed by atoms with Gasteiger partial charge in [-0.2, -0.15) is 0 Å². The molecule has 86 valence electrons. The van der Waals surface area contributed by atoms with Crippen LogP contribution in [0.2, 0.25) is 0 Å². The molecule has 0 heterocycles. The zero-order valence-electron chi connectivity index (χ0n) is 10.9. The van der Waals surface area contributed by atoms with Gasteiger partial charge in [-0.3, -0.25) is 0 Å². The molecule has 0 saturated heterocycles. The fourth-order valence-electron chi connectivity index (χ4n) is 1.28. The highest BCUT2D eigenvalue weighted by molar-refractivity contribution is 5.09. The first-order valence-corrected chi connectivity index (χ1v) is 5.81. The number of allylic oxidation sites excluding steroid dienone is 7. The molecule has 0 radical (unpaired) electrons. The Balaban J connectivity index is 0. The molecule has 0 bridgehead atoms. The van der Waals surface area contributed by atoms with Crippen LogP contribution in [-0.2, 0) is 0 Å². The van der Waals surface area contributed by atoms with E-state index in [1.807, 2.05) is 26.0 Å². The van der Waals surface area contributed by atoms with Crippen LogP contribution in [0, 0.1) is 11.8 Å². The fourth-order valence-corrected chi connectivity index (χ4v) is 1.28. The molecule has 0 spiro atoms. The van der Waals surface area contributed by atoms with E-state index in [4.69, 9.17) is 0 Å². The van der Waals surface area contributed by atoms with Crippen LogP contribution in [0.4, 0.5) is 0 Å². The van der Waals surface area contributed by atoms with Crippen molar-refractivity contribution in [2.24, 2.45) is 11.8 Å². The lowest BCUT2D eigenvalue weighted by Gasteiger charge is -2.12. The minimum atomic E-state index is 0.485. The second-order valence-corrected chi connectivity index (χ2v) is 3.11. The van der Waals surface area contributed by atoms with Crippen LogP contribution in [0.15, 0.2) is 49.1 Å². The highest BCUT2D eigenvalue weighted by Crippen LogP contribution is 2.16. The number of rotatable bonds is 5. The molecule has 2 atom stereocenters. The summed E-state index contributed by atoms with van der Waals surface area (Å²) in [7, 11) is 0. The van der Waals surface area contributed by atoms with Gasteiger partial charge in [0.2, 0.25) is 0 Å². The summed E-state index contributed by atoms with van der Waals surface area (Å²) < 4.78 is 0. The maximum Gasteiger partial charge on any atom is 0.000973 e. The van der Waals surface area contributed by atoms with Gasteiger partial charge in [0, 0.05) is 5.92 Å². The SMILES string of the molecule is C=C/C=C\C(/C=C\C)C(C)/C=C\C.CC. The number of hydrogen-bond acceptors (Lipinski definition) is 0. The lowest BCUT2D eigenvalue weighted by Crippen LogP contribution is -2.02. The van der Waals surface area contributed by atoms with E-state index in [-0.39, 0.29) is 0 Å². The molecule has 0 aromatic heterocycles. The average Bonchev–Trinajstić information content (AvgIpc) is 2.27. The first-order chi connectivity index (χ1) is 7.26. The zero-order valence-corrected chi connectivity index (χ0v) is 10.9. The van der Waals surface area contributed by atoms with Crippen LogP contribution < -0.4 is 0 Å². The van der Waals surface area contributed by atoms with Crippen molar-refractivity contribution in [3.05, 3.63) is 49.1 Å². The Morgan fingerprint density at radius 2 is 1.47 bits per heavy atom. The monoisotopic (exact) mass is 206 g/mol. The van der Waals surface area contributed by atoms with E-state index < -0.39 is 0 Å². The molecule has 0 aliphatic rings. The van der Waals surface area contributed by atoms with Gasteiger partial charge in [-0.25, -0.2) is 0 Å². The maximum absolute atomic E-state index is 3.67. The van der Waals surface area contributed by atoms with Crippen LogP contribution in [0.25, 0.3) is 0 Å². The lowest BCUT2D eigenvalue weighted by atomic mass is 9.93. The fraction of sp³-hybridized carbons (Fsp3) is 0.467. The van der Waals surface area contributed by atoms with E-state index >= 15 is 0 Å². The topological polar surface area (TPSA) is 0 Å². The first-order valence-electron chi connectivity index (χ1n) is 5.81. The molecule has 0 amide bonds. The van der Waals surface area contributed by atoms with Gasteiger partial charge in [0.15, 0.2) is 0 Å². The van der Waals surface area contributed by atoms with Gasteiger partial charge < -0.3 is 0 Å². The van der Waals surface area contributed by atoms with Crippen LogP contribution in [0.3, 0.4) is 0 Å². The summed E-state index contributed by atoms with van der Waals surface area (Å²) in [6.07, 6.45) is 14.6. The molecule has 0 nitrogen and oxygen atoms in total. The molecular weight excluding hydrogens is 180 g/mol. The van der Waals surface area contributed by atoms with Crippen molar-refractivity contribution < 1.29 is 0 Å². The highest BCUT2D eigenvalue weighted by atomic mass is 14.1. The number of hydrogen-bond donors (Lipinski definition) is 0.